The van der Waals surface area contributed by atoms with E-state index in [9.17, 15) is 4.79 Å². The molecule has 5 nitrogen and oxygen atoms in total. The van der Waals surface area contributed by atoms with Gasteiger partial charge in [0.05, 0.1) is 6.61 Å². The van der Waals surface area contributed by atoms with Gasteiger partial charge in [-0.15, -0.1) is 16.8 Å². The lowest BCUT2D eigenvalue weighted by molar-refractivity contribution is -0.142. The van der Waals surface area contributed by atoms with Gasteiger partial charge in [0.2, 0.25) is 0 Å². The Morgan fingerprint density at radius 2 is 2.32 bits per heavy atom. The predicted molar refractivity (Wildman–Crippen MR) is 76.1 cm³/mol. The highest BCUT2D eigenvalue weighted by atomic mass is 32.2. The molecule has 1 heterocycles. The van der Waals surface area contributed by atoms with Crippen molar-refractivity contribution in [2.75, 3.05) is 6.61 Å². The number of carbonyl (C=O) groups is 1. The minimum absolute atomic E-state index is 0.204. The van der Waals surface area contributed by atoms with Crippen molar-refractivity contribution < 1.29 is 9.53 Å². The normalized spacial score (nSPS) is 12.2. The molecule has 1 aromatic heterocycles. The Bertz CT molecular complexity index is 432. The molecule has 0 radical (unpaired) electrons. The Labute approximate surface area is 118 Å². The Hall–Kier alpha value is -1.30. The number of aryl methyl sites for hydroxylation is 1. The van der Waals surface area contributed by atoms with Crippen LogP contribution in [0.2, 0.25) is 0 Å². The van der Waals surface area contributed by atoms with Gasteiger partial charge in [-0.25, -0.2) is 0 Å². The minimum Gasteiger partial charge on any atom is -0.465 e. The van der Waals surface area contributed by atoms with Gasteiger partial charge in [-0.3, -0.25) is 4.79 Å². The molecule has 0 bridgehead atoms. The van der Waals surface area contributed by atoms with E-state index in [0.29, 0.717) is 13.2 Å². The average Bonchev–Trinajstić information content (AvgIpc) is 2.72. The Morgan fingerprint density at radius 3 is 2.95 bits per heavy atom. The van der Waals surface area contributed by atoms with E-state index in [4.69, 9.17) is 4.74 Å². The topological polar surface area (TPSA) is 57.0 Å². The van der Waals surface area contributed by atoms with Crippen LogP contribution in [-0.2, 0) is 16.1 Å². The number of thioether (sulfide) groups is 1. The first-order valence-electron chi connectivity index (χ1n) is 6.44. The van der Waals surface area contributed by atoms with E-state index >= 15 is 0 Å². The van der Waals surface area contributed by atoms with Crippen molar-refractivity contribution in [3.05, 3.63) is 18.5 Å². The quantitative estimate of drug-likeness (QED) is 0.318. The molecule has 1 unspecified atom stereocenters. The summed E-state index contributed by atoms with van der Waals surface area (Å²) < 4.78 is 7.11. The molecule has 0 spiro atoms. The molecule has 0 saturated heterocycles. The number of nitrogens with zero attached hydrogens (tertiary/aromatic N) is 3. The second-order valence-corrected chi connectivity index (χ2v) is 5.52. The highest BCUT2D eigenvalue weighted by Gasteiger charge is 2.19. The van der Waals surface area contributed by atoms with Crippen LogP contribution in [0.1, 0.15) is 32.5 Å². The molecule has 1 atom stereocenters. The van der Waals surface area contributed by atoms with Crippen LogP contribution in [0.15, 0.2) is 17.8 Å². The summed E-state index contributed by atoms with van der Waals surface area (Å²) in [7, 11) is 0. The number of hydrogen-bond acceptors (Lipinski definition) is 5. The van der Waals surface area contributed by atoms with Crippen LogP contribution in [-0.4, -0.2) is 32.6 Å². The predicted octanol–water partition coefficient (Wildman–Crippen LogP) is 2.60. The standard InChI is InChI=1S/C13H21N3O2S/c1-5-7-9-18-12(17)10(3)19-13-15-14-11(4)16(13)8-6-2/h6,10H,2,5,7-9H2,1,3-4H3. The largest absolute Gasteiger partial charge is 0.465 e. The fourth-order valence-electron chi connectivity index (χ4n) is 1.43. The van der Waals surface area contributed by atoms with Crippen LogP contribution in [0.5, 0.6) is 0 Å². The SMILES string of the molecule is C=CCn1c(C)nnc1SC(C)C(=O)OCCCC. The summed E-state index contributed by atoms with van der Waals surface area (Å²) >= 11 is 1.36. The first-order valence-corrected chi connectivity index (χ1v) is 7.32. The third-order valence-electron chi connectivity index (χ3n) is 2.57. The maximum Gasteiger partial charge on any atom is 0.319 e. The van der Waals surface area contributed by atoms with Gasteiger partial charge in [-0.05, 0) is 20.3 Å². The van der Waals surface area contributed by atoms with Crippen LogP contribution < -0.4 is 0 Å². The number of esters is 1. The molecule has 19 heavy (non-hydrogen) atoms. The van der Waals surface area contributed by atoms with Gasteiger partial charge in [-0.2, -0.15) is 0 Å². The molecule has 0 aliphatic heterocycles. The molecule has 1 rings (SSSR count). The molecule has 0 aliphatic rings. The number of rotatable bonds is 8. The van der Waals surface area contributed by atoms with Gasteiger partial charge in [0, 0.05) is 6.54 Å². The Kier molecular flexibility index (Phi) is 6.62. The highest BCUT2D eigenvalue weighted by Crippen LogP contribution is 2.23. The van der Waals surface area contributed by atoms with Crippen LogP contribution in [0.3, 0.4) is 0 Å². The lowest BCUT2D eigenvalue weighted by atomic mass is 10.4. The summed E-state index contributed by atoms with van der Waals surface area (Å²) in [5.74, 6) is 0.609. The maximum atomic E-state index is 11.8. The molecule has 1 aromatic rings. The van der Waals surface area contributed by atoms with Crippen LogP contribution in [0.25, 0.3) is 0 Å². The first kappa shape index (κ1) is 15.8. The van der Waals surface area contributed by atoms with Crippen LogP contribution in [0, 0.1) is 6.92 Å². The lowest BCUT2D eigenvalue weighted by Gasteiger charge is -2.11. The molecule has 0 amide bonds. The number of allylic oxidation sites excluding steroid dienone is 1. The fourth-order valence-corrected chi connectivity index (χ4v) is 2.33. The van der Waals surface area contributed by atoms with E-state index in [1.54, 1.807) is 6.08 Å². The molecule has 6 heteroatoms. The molecule has 0 aromatic carbocycles. The van der Waals surface area contributed by atoms with Gasteiger partial charge < -0.3 is 9.30 Å². The number of carbonyl (C=O) groups excluding carboxylic acids is 1. The molecule has 0 saturated carbocycles. The number of unbranched alkanes of at least 4 members (excludes halogenated alkanes) is 1. The second-order valence-electron chi connectivity index (χ2n) is 4.21. The number of ether oxygens (including phenoxy) is 1. The summed E-state index contributed by atoms with van der Waals surface area (Å²) in [6.07, 6.45) is 3.70. The molecule has 106 valence electrons. The second kappa shape index (κ2) is 7.99. The molecule has 0 fully saturated rings. The van der Waals surface area contributed by atoms with Gasteiger partial charge >= 0.3 is 5.97 Å². The molecule has 0 N–H and O–H groups in total. The Balaban J connectivity index is 2.58. The maximum absolute atomic E-state index is 11.8. The monoisotopic (exact) mass is 283 g/mol. The summed E-state index contributed by atoms with van der Waals surface area (Å²) in [5.41, 5.74) is 0. The summed E-state index contributed by atoms with van der Waals surface area (Å²) in [5, 5.41) is 8.52. The molecular weight excluding hydrogens is 262 g/mol. The van der Waals surface area contributed by atoms with E-state index in [1.807, 2.05) is 18.4 Å². The number of aromatic nitrogens is 3. The van der Waals surface area contributed by atoms with Gasteiger partial charge in [-0.1, -0.05) is 31.2 Å². The third-order valence-corrected chi connectivity index (χ3v) is 3.63. The summed E-state index contributed by atoms with van der Waals surface area (Å²) in [4.78, 5) is 11.8. The first-order chi connectivity index (χ1) is 9.10. The number of hydrogen-bond donors (Lipinski definition) is 0. The summed E-state index contributed by atoms with van der Waals surface area (Å²) in [6, 6.07) is 0. The van der Waals surface area contributed by atoms with E-state index < -0.39 is 0 Å². The lowest BCUT2D eigenvalue weighted by Crippen LogP contribution is -2.18. The Morgan fingerprint density at radius 1 is 1.58 bits per heavy atom. The van der Waals surface area contributed by atoms with Crippen molar-refractivity contribution in [3.63, 3.8) is 0 Å². The van der Waals surface area contributed by atoms with Crippen molar-refractivity contribution in [3.8, 4) is 0 Å². The van der Waals surface area contributed by atoms with E-state index in [0.717, 1.165) is 23.8 Å². The zero-order chi connectivity index (χ0) is 14.3. The van der Waals surface area contributed by atoms with Crippen molar-refractivity contribution in [2.24, 2.45) is 0 Å². The molecular formula is C13H21N3O2S. The molecule has 0 aliphatic carbocycles. The van der Waals surface area contributed by atoms with E-state index in [2.05, 4.69) is 23.7 Å². The van der Waals surface area contributed by atoms with Crippen molar-refractivity contribution >= 4 is 17.7 Å². The van der Waals surface area contributed by atoms with Crippen molar-refractivity contribution in [2.45, 2.75) is 50.6 Å². The third kappa shape index (κ3) is 4.70. The summed E-state index contributed by atoms with van der Waals surface area (Å²) in [6.45, 7) is 10.6. The van der Waals surface area contributed by atoms with Gasteiger partial charge in [0.15, 0.2) is 5.16 Å². The fraction of sp³-hybridized carbons (Fsp3) is 0.615. The van der Waals surface area contributed by atoms with Crippen LogP contribution >= 0.6 is 11.8 Å². The zero-order valence-corrected chi connectivity index (χ0v) is 12.6. The smallest absolute Gasteiger partial charge is 0.319 e. The van der Waals surface area contributed by atoms with E-state index in [1.165, 1.54) is 11.8 Å². The van der Waals surface area contributed by atoms with Crippen molar-refractivity contribution in [1.82, 2.24) is 14.8 Å². The zero-order valence-electron chi connectivity index (χ0n) is 11.8. The van der Waals surface area contributed by atoms with Crippen LogP contribution in [0.4, 0.5) is 0 Å². The average molecular weight is 283 g/mol. The van der Waals surface area contributed by atoms with E-state index in [-0.39, 0.29) is 11.2 Å². The van der Waals surface area contributed by atoms with Gasteiger partial charge in [0.1, 0.15) is 11.1 Å². The van der Waals surface area contributed by atoms with Crippen molar-refractivity contribution in [1.29, 1.82) is 0 Å². The van der Waals surface area contributed by atoms with Gasteiger partial charge in [0.25, 0.3) is 0 Å². The highest BCUT2D eigenvalue weighted by molar-refractivity contribution is 8.00. The minimum atomic E-state index is -0.288.